The lowest BCUT2D eigenvalue weighted by molar-refractivity contribution is 0.627. The van der Waals surface area contributed by atoms with Gasteiger partial charge in [0.15, 0.2) is 0 Å². The average molecular weight is 303 g/mol. The maximum atomic E-state index is 13.1. The lowest BCUT2D eigenvalue weighted by atomic mass is 10.2. The molecule has 0 bridgehead atoms. The summed E-state index contributed by atoms with van der Waals surface area (Å²) in [6.07, 6.45) is 6.96. The highest BCUT2D eigenvalue weighted by Crippen LogP contribution is 2.17. The van der Waals surface area contributed by atoms with Crippen LogP contribution in [-0.2, 0) is 6.54 Å². The fourth-order valence-corrected chi connectivity index (χ4v) is 2.09. The molecule has 6 heteroatoms. The molecule has 2 heterocycles. The summed E-state index contributed by atoms with van der Waals surface area (Å²) in [5.74, 6) is 0.384. The van der Waals surface area contributed by atoms with Gasteiger partial charge >= 0.3 is 0 Å². The van der Waals surface area contributed by atoms with Crippen molar-refractivity contribution in [3.05, 3.63) is 71.7 Å². The largest absolute Gasteiger partial charge is 0.380 e. The summed E-state index contributed by atoms with van der Waals surface area (Å²) in [5, 5.41) is 3.34. The van der Waals surface area contributed by atoms with E-state index in [2.05, 4.69) is 15.3 Å². The van der Waals surface area contributed by atoms with E-state index in [9.17, 15) is 4.39 Å². The molecular weight excluding hydrogens is 291 g/mol. The van der Waals surface area contributed by atoms with Crippen molar-refractivity contribution < 1.29 is 4.39 Å². The van der Waals surface area contributed by atoms with E-state index >= 15 is 0 Å². The molecule has 3 rings (SSSR count). The zero-order valence-corrected chi connectivity index (χ0v) is 11.8. The van der Waals surface area contributed by atoms with Crippen LogP contribution in [-0.4, -0.2) is 14.5 Å². The van der Waals surface area contributed by atoms with E-state index in [1.807, 2.05) is 22.9 Å². The van der Waals surface area contributed by atoms with E-state index in [-0.39, 0.29) is 5.02 Å². The minimum absolute atomic E-state index is 0.128. The van der Waals surface area contributed by atoms with Crippen molar-refractivity contribution in [3.63, 3.8) is 0 Å². The maximum absolute atomic E-state index is 13.1. The van der Waals surface area contributed by atoms with E-state index in [0.717, 1.165) is 17.1 Å². The van der Waals surface area contributed by atoms with Crippen LogP contribution < -0.4 is 5.32 Å². The first-order valence-corrected chi connectivity index (χ1v) is 6.72. The molecule has 0 radical (unpaired) electrons. The summed E-state index contributed by atoms with van der Waals surface area (Å²) in [6.45, 7) is 0.548. The zero-order chi connectivity index (χ0) is 14.7. The van der Waals surface area contributed by atoms with Crippen molar-refractivity contribution in [2.24, 2.45) is 0 Å². The van der Waals surface area contributed by atoms with Gasteiger partial charge in [0, 0.05) is 18.9 Å². The topological polar surface area (TPSA) is 42.7 Å². The van der Waals surface area contributed by atoms with Crippen molar-refractivity contribution in [1.29, 1.82) is 0 Å². The summed E-state index contributed by atoms with van der Waals surface area (Å²) in [4.78, 5) is 8.32. The minimum Gasteiger partial charge on any atom is -0.380 e. The summed E-state index contributed by atoms with van der Waals surface area (Å²) < 4.78 is 14.9. The number of rotatable bonds is 4. The van der Waals surface area contributed by atoms with Gasteiger partial charge in [0.05, 0.1) is 16.9 Å². The number of halogens is 2. The van der Waals surface area contributed by atoms with Gasteiger partial charge in [0.2, 0.25) is 0 Å². The number of benzene rings is 1. The number of nitrogens with zero attached hydrogens (tertiary/aromatic N) is 3. The third-order valence-electron chi connectivity index (χ3n) is 3.00. The number of aromatic nitrogens is 3. The molecular formula is C15H12ClFN4. The van der Waals surface area contributed by atoms with Gasteiger partial charge in [-0.3, -0.25) is 4.57 Å². The van der Waals surface area contributed by atoms with E-state index < -0.39 is 5.82 Å². The molecule has 0 spiro atoms. The molecule has 0 aliphatic heterocycles. The number of pyridine rings is 1. The predicted octanol–water partition coefficient (Wildman–Crippen LogP) is 3.67. The van der Waals surface area contributed by atoms with E-state index in [1.165, 1.54) is 6.07 Å². The molecule has 3 aromatic rings. The molecule has 4 nitrogen and oxygen atoms in total. The van der Waals surface area contributed by atoms with Gasteiger partial charge < -0.3 is 5.32 Å². The predicted molar refractivity (Wildman–Crippen MR) is 80.1 cm³/mol. The summed E-state index contributed by atoms with van der Waals surface area (Å²) in [6, 6.07) is 8.48. The Morgan fingerprint density at radius 3 is 2.81 bits per heavy atom. The van der Waals surface area contributed by atoms with Crippen molar-refractivity contribution in [2.75, 3.05) is 5.32 Å². The summed E-state index contributed by atoms with van der Waals surface area (Å²) >= 11 is 5.75. The van der Waals surface area contributed by atoms with Gasteiger partial charge in [-0.05, 0) is 29.8 Å². The van der Waals surface area contributed by atoms with Crippen molar-refractivity contribution >= 4 is 17.3 Å². The highest BCUT2D eigenvalue weighted by Gasteiger charge is 2.02. The molecule has 0 amide bonds. The van der Waals surface area contributed by atoms with E-state index in [0.29, 0.717) is 6.54 Å². The van der Waals surface area contributed by atoms with Gasteiger partial charge in [0.1, 0.15) is 18.0 Å². The van der Waals surface area contributed by atoms with Crippen LogP contribution in [0.3, 0.4) is 0 Å². The number of hydrogen-bond donors (Lipinski definition) is 1. The lowest BCUT2D eigenvalue weighted by Crippen LogP contribution is -2.01. The Morgan fingerprint density at radius 2 is 2.14 bits per heavy atom. The second-order valence-electron chi connectivity index (χ2n) is 4.48. The molecule has 0 aliphatic rings. The molecule has 0 aliphatic carbocycles. The molecule has 0 unspecified atom stereocenters. The number of anilines is 1. The SMILES string of the molecule is Fc1ccc(CNc2ccc(-n3ccnc3)nc2)cc1Cl. The monoisotopic (exact) mass is 302 g/mol. The normalized spacial score (nSPS) is 10.6. The van der Waals surface area contributed by atoms with Gasteiger partial charge in [-0.2, -0.15) is 0 Å². The molecule has 0 atom stereocenters. The Labute approximate surface area is 126 Å². The molecule has 0 saturated carbocycles. The van der Waals surface area contributed by atoms with Gasteiger partial charge in [-0.25, -0.2) is 14.4 Å². The van der Waals surface area contributed by atoms with Crippen LogP contribution >= 0.6 is 11.6 Å². The van der Waals surface area contributed by atoms with Crippen LogP contribution in [0.15, 0.2) is 55.2 Å². The van der Waals surface area contributed by atoms with Gasteiger partial charge in [0.25, 0.3) is 0 Å². The van der Waals surface area contributed by atoms with Crippen LogP contribution in [0, 0.1) is 5.82 Å². The highest BCUT2D eigenvalue weighted by molar-refractivity contribution is 6.30. The number of imidazole rings is 1. The molecule has 2 aromatic heterocycles. The first-order chi connectivity index (χ1) is 10.2. The fourth-order valence-electron chi connectivity index (χ4n) is 1.89. The van der Waals surface area contributed by atoms with Gasteiger partial charge in [-0.15, -0.1) is 0 Å². The smallest absolute Gasteiger partial charge is 0.141 e. The third kappa shape index (κ3) is 3.20. The Hall–Kier alpha value is -2.40. The molecule has 1 aromatic carbocycles. The lowest BCUT2D eigenvalue weighted by Gasteiger charge is -2.08. The molecule has 1 N–H and O–H groups in total. The maximum Gasteiger partial charge on any atom is 0.141 e. The van der Waals surface area contributed by atoms with Crippen LogP contribution in [0.1, 0.15) is 5.56 Å². The summed E-state index contributed by atoms with van der Waals surface area (Å²) in [5.41, 5.74) is 1.78. The molecule has 0 fully saturated rings. The third-order valence-corrected chi connectivity index (χ3v) is 3.29. The standard InChI is InChI=1S/C15H12ClFN4/c16-13-7-11(1-3-14(13)17)8-19-12-2-4-15(20-9-12)21-6-5-18-10-21/h1-7,9-10,19H,8H2. The number of hydrogen-bond acceptors (Lipinski definition) is 3. The second-order valence-corrected chi connectivity index (χ2v) is 4.88. The van der Waals surface area contributed by atoms with Crippen LogP contribution in [0.5, 0.6) is 0 Å². The Bertz CT molecular complexity index is 726. The van der Waals surface area contributed by atoms with Crippen molar-refractivity contribution in [2.45, 2.75) is 6.54 Å². The van der Waals surface area contributed by atoms with Crippen LogP contribution in [0.25, 0.3) is 5.82 Å². The number of nitrogens with one attached hydrogen (secondary N) is 1. The molecule has 0 saturated heterocycles. The van der Waals surface area contributed by atoms with E-state index in [4.69, 9.17) is 11.6 Å². The first-order valence-electron chi connectivity index (χ1n) is 6.34. The molecule has 21 heavy (non-hydrogen) atoms. The summed E-state index contributed by atoms with van der Waals surface area (Å²) in [7, 11) is 0. The van der Waals surface area contributed by atoms with Crippen molar-refractivity contribution in [1.82, 2.24) is 14.5 Å². The minimum atomic E-state index is -0.410. The van der Waals surface area contributed by atoms with Gasteiger partial charge in [-0.1, -0.05) is 17.7 Å². The van der Waals surface area contributed by atoms with Crippen molar-refractivity contribution in [3.8, 4) is 5.82 Å². The Morgan fingerprint density at radius 1 is 1.24 bits per heavy atom. The first kappa shape index (κ1) is 13.6. The van der Waals surface area contributed by atoms with Crippen LogP contribution in [0.2, 0.25) is 5.02 Å². The quantitative estimate of drug-likeness (QED) is 0.799. The molecule has 106 valence electrons. The Kier molecular flexibility index (Phi) is 3.83. The zero-order valence-electron chi connectivity index (χ0n) is 11.0. The average Bonchev–Trinajstić information content (AvgIpc) is 3.03. The fraction of sp³-hybridized carbons (Fsp3) is 0.0667. The second kappa shape index (κ2) is 5.93. The van der Waals surface area contributed by atoms with E-state index in [1.54, 1.807) is 30.9 Å². The Balaban J connectivity index is 1.66. The highest BCUT2D eigenvalue weighted by atomic mass is 35.5. The van der Waals surface area contributed by atoms with Crippen LogP contribution in [0.4, 0.5) is 10.1 Å².